The van der Waals surface area contributed by atoms with Crippen molar-refractivity contribution in [3.05, 3.63) is 47.0 Å². The van der Waals surface area contributed by atoms with Crippen molar-refractivity contribution in [2.75, 3.05) is 18.0 Å². The molecule has 0 aromatic heterocycles. The lowest BCUT2D eigenvalue weighted by molar-refractivity contribution is 0.467. The molecule has 2 N–H and O–H groups in total. The highest BCUT2D eigenvalue weighted by Gasteiger charge is 2.28. The third-order valence-corrected chi connectivity index (χ3v) is 5.44. The van der Waals surface area contributed by atoms with Gasteiger partial charge in [-0.25, -0.2) is 13.6 Å². The first-order chi connectivity index (χ1) is 12.3. The Labute approximate surface area is 157 Å². The normalized spacial score (nSPS) is 17.2. The fourth-order valence-electron chi connectivity index (χ4n) is 2.98. The maximum atomic E-state index is 12.1. The molecule has 0 radical (unpaired) electrons. The zero-order valence-electron chi connectivity index (χ0n) is 14.1. The van der Waals surface area contributed by atoms with Gasteiger partial charge in [-0.2, -0.15) is 5.26 Å². The van der Waals surface area contributed by atoms with Crippen molar-refractivity contribution < 1.29 is 13.2 Å². The quantitative estimate of drug-likeness (QED) is 0.860. The molecule has 0 saturated carbocycles. The van der Waals surface area contributed by atoms with Crippen molar-refractivity contribution in [3.63, 3.8) is 0 Å². The number of halogens is 1. The Bertz CT molecular complexity index is 968. The summed E-state index contributed by atoms with van der Waals surface area (Å²) in [6, 6.07) is 11.5. The number of hydrogen-bond donors (Lipinski definition) is 1. The number of ether oxygens (including phenoxy) is 1. The Kier molecular flexibility index (Phi) is 5.10. The second kappa shape index (κ2) is 7.16. The molecular formula is C18H18ClN3O3S. The van der Waals surface area contributed by atoms with Crippen LogP contribution < -0.4 is 14.8 Å². The van der Waals surface area contributed by atoms with Gasteiger partial charge in [0.25, 0.3) is 0 Å². The summed E-state index contributed by atoms with van der Waals surface area (Å²) in [7, 11) is -4.09. The van der Waals surface area contributed by atoms with Crippen molar-refractivity contribution in [1.82, 2.24) is 0 Å². The molecule has 1 aliphatic heterocycles. The number of rotatable bonds is 4. The summed E-state index contributed by atoms with van der Waals surface area (Å²) >= 11 is 5.89. The first-order valence-electron chi connectivity index (χ1n) is 8.07. The van der Waals surface area contributed by atoms with Crippen molar-refractivity contribution in [1.29, 1.82) is 5.26 Å². The van der Waals surface area contributed by atoms with Crippen LogP contribution in [0.15, 0.2) is 41.3 Å². The molecule has 0 amide bonds. The van der Waals surface area contributed by atoms with Crippen molar-refractivity contribution in [3.8, 4) is 17.6 Å². The summed E-state index contributed by atoms with van der Waals surface area (Å²) in [5, 5.41) is 15.2. The lowest BCUT2D eigenvalue weighted by Crippen LogP contribution is -2.22. The molecule has 1 atom stereocenters. The van der Waals surface area contributed by atoms with Gasteiger partial charge in [-0.1, -0.05) is 18.5 Å². The molecule has 1 saturated heterocycles. The first kappa shape index (κ1) is 18.5. The molecule has 3 rings (SSSR count). The third kappa shape index (κ3) is 3.93. The number of nitrogens with two attached hydrogens (primary N) is 1. The third-order valence-electron chi connectivity index (χ3n) is 4.27. The number of benzene rings is 2. The van der Waals surface area contributed by atoms with Crippen LogP contribution in [0.25, 0.3) is 0 Å². The maximum absolute atomic E-state index is 12.1. The molecule has 2 aromatic rings. The topological polar surface area (TPSA) is 96.4 Å². The highest BCUT2D eigenvalue weighted by Crippen LogP contribution is 2.41. The summed E-state index contributed by atoms with van der Waals surface area (Å²) in [5.41, 5.74) is 0.763. The molecule has 1 unspecified atom stereocenters. The van der Waals surface area contributed by atoms with Crippen LogP contribution in [0, 0.1) is 17.2 Å². The van der Waals surface area contributed by atoms with E-state index in [1.165, 1.54) is 6.07 Å². The number of primary sulfonamides is 1. The molecule has 8 heteroatoms. The van der Waals surface area contributed by atoms with Gasteiger partial charge in [-0.15, -0.1) is 0 Å². The van der Waals surface area contributed by atoms with E-state index in [-0.39, 0.29) is 16.2 Å². The number of hydrogen-bond acceptors (Lipinski definition) is 5. The summed E-state index contributed by atoms with van der Waals surface area (Å²) in [5.74, 6) is 1.02. The standard InChI is InChI=1S/C18H18ClN3O3S/c1-12-6-7-22(11-12)16-8-13(10-20)9-17(26(21,23)24)18(16)25-15-4-2-14(19)3-5-15/h2-5,8-9,12H,6-7,11H2,1H3,(H2,21,23,24). The predicted octanol–water partition coefficient (Wildman–Crippen LogP) is 3.50. The van der Waals surface area contributed by atoms with Crippen molar-refractivity contribution in [2.45, 2.75) is 18.2 Å². The van der Waals surface area contributed by atoms with Gasteiger partial charge >= 0.3 is 0 Å². The van der Waals surface area contributed by atoms with Crippen LogP contribution in [0.3, 0.4) is 0 Å². The number of nitriles is 1. The van der Waals surface area contributed by atoms with Crippen molar-refractivity contribution in [2.24, 2.45) is 11.1 Å². The highest BCUT2D eigenvalue weighted by molar-refractivity contribution is 7.89. The lowest BCUT2D eigenvalue weighted by atomic mass is 10.1. The van der Waals surface area contributed by atoms with Crippen LogP contribution in [0.1, 0.15) is 18.9 Å². The second-order valence-corrected chi connectivity index (χ2v) is 8.34. The van der Waals surface area contributed by atoms with Gasteiger partial charge in [-0.3, -0.25) is 0 Å². The maximum Gasteiger partial charge on any atom is 0.241 e. The Balaban J connectivity index is 2.17. The average Bonchev–Trinajstić information content (AvgIpc) is 3.02. The molecule has 1 heterocycles. The average molecular weight is 392 g/mol. The largest absolute Gasteiger partial charge is 0.454 e. The minimum absolute atomic E-state index is 0.128. The van der Waals surface area contributed by atoms with Gasteiger partial charge in [0.15, 0.2) is 5.75 Å². The van der Waals surface area contributed by atoms with Gasteiger partial charge in [0.1, 0.15) is 10.6 Å². The van der Waals surface area contributed by atoms with E-state index in [0.717, 1.165) is 19.5 Å². The van der Waals surface area contributed by atoms with E-state index in [1.807, 2.05) is 11.0 Å². The zero-order chi connectivity index (χ0) is 18.9. The van der Waals surface area contributed by atoms with Crippen LogP contribution in [0.4, 0.5) is 5.69 Å². The predicted molar refractivity (Wildman–Crippen MR) is 100 cm³/mol. The minimum atomic E-state index is -4.09. The fraction of sp³-hybridized carbons (Fsp3) is 0.278. The second-order valence-electron chi connectivity index (χ2n) is 6.38. The van der Waals surface area contributed by atoms with Crippen LogP contribution in [-0.4, -0.2) is 21.5 Å². The van der Waals surface area contributed by atoms with Crippen LogP contribution in [0.5, 0.6) is 11.5 Å². The molecule has 6 nitrogen and oxygen atoms in total. The van der Waals surface area contributed by atoms with Gasteiger partial charge < -0.3 is 9.64 Å². The van der Waals surface area contributed by atoms with E-state index in [1.54, 1.807) is 30.3 Å². The monoisotopic (exact) mass is 391 g/mol. The molecule has 0 aliphatic carbocycles. The first-order valence-corrected chi connectivity index (χ1v) is 9.99. The number of sulfonamides is 1. The zero-order valence-corrected chi connectivity index (χ0v) is 15.7. The number of nitrogens with zero attached hydrogens (tertiary/aromatic N) is 2. The summed E-state index contributed by atoms with van der Waals surface area (Å²) in [6.45, 7) is 3.61. The smallest absolute Gasteiger partial charge is 0.241 e. The SMILES string of the molecule is CC1CCN(c2cc(C#N)cc(S(N)(=O)=O)c2Oc2ccc(Cl)cc2)C1. The molecule has 26 heavy (non-hydrogen) atoms. The molecule has 1 aliphatic rings. The van der Waals surface area contributed by atoms with Crippen LogP contribution in [-0.2, 0) is 10.0 Å². The highest BCUT2D eigenvalue weighted by atomic mass is 35.5. The van der Waals surface area contributed by atoms with E-state index in [4.69, 9.17) is 21.5 Å². The van der Waals surface area contributed by atoms with E-state index in [9.17, 15) is 13.7 Å². The Morgan fingerprint density at radius 3 is 2.54 bits per heavy atom. The van der Waals surface area contributed by atoms with Gasteiger partial charge in [-0.05, 0) is 48.7 Å². The molecule has 0 bridgehead atoms. The summed E-state index contributed by atoms with van der Waals surface area (Å²) in [6.07, 6.45) is 0.974. The van der Waals surface area contributed by atoms with E-state index >= 15 is 0 Å². The lowest BCUT2D eigenvalue weighted by Gasteiger charge is -2.23. The summed E-state index contributed by atoms with van der Waals surface area (Å²) < 4.78 is 30.2. The Hall–Kier alpha value is -2.27. The van der Waals surface area contributed by atoms with Gasteiger partial charge in [0.05, 0.1) is 17.3 Å². The van der Waals surface area contributed by atoms with E-state index < -0.39 is 10.0 Å². The molecule has 136 valence electrons. The van der Waals surface area contributed by atoms with Crippen molar-refractivity contribution >= 4 is 27.3 Å². The fourth-order valence-corrected chi connectivity index (χ4v) is 3.80. The Morgan fingerprint density at radius 2 is 2.00 bits per heavy atom. The van der Waals surface area contributed by atoms with E-state index in [0.29, 0.717) is 22.4 Å². The van der Waals surface area contributed by atoms with Crippen LogP contribution in [0.2, 0.25) is 5.02 Å². The molecule has 2 aromatic carbocycles. The van der Waals surface area contributed by atoms with E-state index in [2.05, 4.69) is 6.92 Å². The minimum Gasteiger partial charge on any atom is -0.454 e. The van der Waals surface area contributed by atoms with Crippen LogP contribution >= 0.6 is 11.6 Å². The van der Waals surface area contributed by atoms with Gasteiger partial charge in [0, 0.05) is 18.1 Å². The summed E-state index contributed by atoms with van der Waals surface area (Å²) in [4.78, 5) is 1.81. The molecular weight excluding hydrogens is 374 g/mol. The number of anilines is 1. The Morgan fingerprint density at radius 1 is 1.31 bits per heavy atom. The molecule has 0 spiro atoms. The van der Waals surface area contributed by atoms with Gasteiger partial charge in [0.2, 0.25) is 10.0 Å². The molecule has 1 fully saturated rings.